The van der Waals surface area contributed by atoms with Gasteiger partial charge in [-0.1, -0.05) is 25.4 Å². The van der Waals surface area contributed by atoms with Crippen LogP contribution in [0.5, 0.6) is 0 Å². The topological polar surface area (TPSA) is 82.0 Å². The summed E-state index contributed by atoms with van der Waals surface area (Å²) in [5.41, 5.74) is 0.747. The summed E-state index contributed by atoms with van der Waals surface area (Å²) in [6, 6.07) is 5.94. The number of rotatable bonds is 4. The Morgan fingerprint density at radius 3 is 2.50 bits per heavy atom. The van der Waals surface area contributed by atoms with Gasteiger partial charge in [0.05, 0.1) is 10.6 Å². The van der Waals surface area contributed by atoms with Crippen LogP contribution in [0.1, 0.15) is 26.3 Å². The van der Waals surface area contributed by atoms with Gasteiger partial charge < -0.3 is 10.6 Å². The van der Waals surface area contributed by atoms with E-state index in [1.807, 2.05) is 19.9 Å². The van der Waals surface area contributed by atoms with Gasteiger partial charge in [0.25, 0.3) is 0 Å². The molecule has 1 aromatic carbocycles. The number of hydrogen-bond donors (Lipinski definition) is 2. The van der Waals surface area contributed by atoms with E-state index < -0.39 is 6.04 Å². The van der Waals surface area contributed by atoms with Crippen molar-refractivity contribution in [3.63, 3.8) is 0 Å². The maximum absolute atomic E-state index is 12.1. The summed E-state index contributed by atoms with van der Waals surface area (Å²) >= 11 is 5.82. The minimum Gasteiger partial charge on any atom is -0.344 e. The van der Waals surface area contributed by atoms with Gasteiger partial charge in [-0.15, -0.1) is 0 Å². The maximum atomic E-state index is 12.1. The zero-order chi connectivity index (χ0) is 15.3. The van der Waals surface area contributed by atoms with Gasteiger partial charge in [-0.2, -0.15) is 5.26 Å². The molecule has 1 aromatic rings. The van der Waals surface area contributed by atoms with Gasteiger partial charge in [0, 0.05) is 12.6 Å². The second-order valence-electron chi connectivity index (χ2n) is 4.72. The predicted molar refractivity (Wildman–Crippen MR) is 77.2 cm³/mol. The first-order valence-corrected chi connectivity index (χ1v) is 6.50. The van der Waals surface area contributed by atoms with Crippen molar-refractivity contribution in [2.24, 2.45) is 5.92 Å². The van der Waals surface area contributed by atoms with E-state index in [1.54, 1.807) is 12.1 Å². The molecule has 0 radical (unpaired) electrons. The number of anilines is 1. The van der Waals surface area contributed by atoms with E-state index >= 15 is 0 Å². The van der Waals surface area contributed by atoms with Gasteiger partial charge in [-0.05, 0) is 24.1 Å². The van der Waals surface area contributed by atoms with Gasteiger partial charge >= 0.3 is 0 Å². The number of carbonyl (C=O) groups is 2. The van der Waals surface area contributed by atoms with E-state index in [0.29, 0.717) is 10.7 Å². The molecule has 5 nitrogen and oxygen atoms in total. The molecule has 0 bridgehead atoms. The van der Waals surface area contributed by atoms with Crippen molar-refractivity contribution in [3.05, 3.63) is 28.8 Å². The molecule has 2 N–H and O–H groups in total. The van der Waals surface area contributed by atoms with E-state index in [9.17, 15) is 9.59 Å². The van der Waals surface area contributed by atoms with Crippen molar-refractivity contribution in [1.29, 1.82) is 5.26 Å². The van der Waals surface area contributed by atoms with E-state index in [1.165, 1.54) is 13.0 Å². The van der Waals surface area contributed by atoms with Crippen molar-refractivity contribution in [1.82, 2.24) is 5.32 Å². The van der Waals surface area contributed by atoms with Crippen molar-refractivity contribution in [2.75, 3.05) is 5.32 Å². The molecule has 0 heterocycles. The number of halogens is 1. The molecule has 20 heavy (non-hydrogen) atoms. The van der Waals surface area contributed by atoms with Crippen molar-refractivity contribution in [3.8, 4) is 6.07 Å². The van der Waals surface area contributed by atoms with Gasteiger partial charge in [0.1, 0.15) is 12.1 Å². The number of nitrogens with one attached hydrogen (secondary N) is 2. The summed E-state index contributed by atoms with van der Waals surface area (Å²) in [4.78, 5) is 23.2. The lowest BCUT2D eigenvalue weighted by molar-refractivity contribution is -0.126. The molecule has 6 heteroatoms. The molecular formula is C14H16ClN3O2. The van der Waals surface area contributed by atoms with Crippen LogP contribution in [0.4, 0.5) is 5.69 Å². The average Bonchev–Trinajstić information content (AvgIpc) is 2.37. The molecule has 0 saturated carbocycles. The quantitative estimate of drug-likeness (QED) is 0.893. The molecule has 0 fully saturated rings. The van der Waals surface area contributed by atoms with Crippen LogP contribution in [0.25, 0.3) is 0 Å². The number of nitriles is 1. The van der Waals surface area contributed by atoms with Gasteiger partial charge in [0.2, 0.25) is 11.8 Å². The minimum absolute atomic E-state index is 0.0540. The molecule has 0 aromatic heterocycles. The van der Waals surface area contributed by atoms with Crippen molar-refractivity contribution < 1.29 is 9.59 Å². The van der Waals surface area contributed by atoms with Crippen LogP contribution in [0.2, 0.25) is 5.02 Å². The van der Waals surface area contributed by atoms with Crippen molar-refractivity contribution >= 4 is 29.1 Å². The molecule has 106 valence electrons. The van der Waals surface area contributed by atoms with Crippen LogP contribution in [0, 0.1) is 17.2 Å². The first-order chi connectivity index (χ1) is 9.35. The lowest BCUT2D eigenvalue weighted by Crippen LogP contribution is -2.46. The average molecular weight is 294 g/mol. The fraction of sp³-hybridized carbons (Fsp3) is 0.357. The molecular weight excluding hydrogens is 278 g/mol. The monoisotopic (exact) mass is 293 g/mol. The van der Waals surface area contributed by atoms with Gasteiger partial charge in [-0.3, -0.25) is 9.59 Å². The molecule has 0 aliphatic heterocycles. The van der Waals surface area contributed by atoms with Crippen LogP contribution in [-0.4, -0.2) is 17.9 Å². The number of benzene rings is 1. The minimum atomic E-state index is -0.631. The Balaban J connectivity index is 2.88. The lowest BCUT2D eigenvalue weighted by Gasteiger charge is -2.21. The Kier molecular flexibility index (Phi) is 5.53. The molecule has 1 unspecified atom stereocenters. The van der Waals surface area contributed by atoms with Crippen LogP contribution in [-0.2, 0) is 9.59 Å². The Hall–Kier alpha value is -2.06. The third-order valence-corrected chi connectivity index (χ3v) is 2.99. The Bertz CT molecular complexity index is 564. The smallest absolute Gasteiger partial charge is 0.247 e. The van der Waals surface area contributed by atoms with E-state index in [-0.39, 0.29) is 23.3 Å². The standard InChI is InChI=1S/C14H16ClN3O2/c1-8(2)13(17-9(3)19)14(20)18-11-4-5-12(15)10(6-11)7-16/h4-6,8,13H,1-3H3,(H,17,19)(H,18,20). The first-order valence-electron chi connectivity index (χ1n) is 6.12. The SMILES string of the molecule is CC(=O)NC(C(=O)Nc1ccc(Cl)c(C#N)c1)C(C)C. The number of amides is 2. The number of nitrogens with zero attached hydrogens (tertiary/aromatic N) is 1. The Morgan fingerprint density at radius 2 is 2.00 bits per heavy atom. The molecule has 1 rings (SSSR count). The maximum Gasteiger partial charge on any atom is 0.247 e. The largest absolute Gasteiger partial charge is 0.344 e. The summed E-state index contributed by atoms with van der Waals surface area (Å²) in [6.45, 7) is 5.03. The van der Waals surface area contributed by atoms with Crippen LogP contribution in [0.3, 0.4) is 0 Å². The Morgan fingerprint density at radius 1 is 1.35 bits per heavy atom. The van der Waals surface area contributed by atoms with Gasteiger partial charge in [0.15, 0.2) is 0 Å². The van der Waals surface area contributed by atoms with Crippen molar-refractivity contribution in [2.45, 2.75) is 26.8 Å². The lowest BCUT2D eigenvalue weighted by atomic mass is 10.0. The second kappa shape index (κ2) is 6.92. The summed E-state index contributed by atoms with van der Waals surface area (Å²) < 4.78 is 0. The molecule has 0 aliphatic rings. The van der Waals surface area contributed by atoms with Crippen LogP contribution < -0.4 is 10.6 Å². The Labute approximate surface area is 122 Å². The fourth-order valence-corrected chi connectivity index (χ4v) is 1.82. The second-order valence-corrected chi connectivity index (χ2v) is 5.13. The zero-order valence-corrected chi connectivity index (χ0v) is 12.3. The van der Waals surface area contributed by atoms with E-state index in [0.717, 1.165) is 0 Å². The highest BCUT2D eigenvalue weighted by atomic mass is 35.5. The zero-order valence-electron chi connectivity index (χ0n) is 11.5. The highest BCUT2D eigenvalue weighted by Crippen LogP contribution is 2.20. The fourth-order valence-electron chi connectivity index (χ4n) is 1.66. The third kappa shape index (κ3) is 4.25. The highest BCUT2D eigenvalue weighted by molar-refractivity contribution is 6.31. The van der Waals surface area contributed by atoms with E-state index in [4.69, 9.17) is 16.9 Å². The normalized spacial score (nSPS) is 11.6. The molecule has 2 amide bonds. The van der Waals surface area contributed by atoms with Crippen LogP contribution >= 0.6 is 11.6 Å². The highest BCUT2D eigenvalue weighted by Gasteiger charge is 2.23. The molecule has 0 aliphatic carbocycles. The van der Waals surface area contributed by atoms with Crippen LogP contribution in [0.15, 0.2) is 18.2 Å². The van der Waals surface area contributed by atoms with E-state index in [2.05, 4.69) is 10.6 Å². The summed E-state index contributed by atoms with van der Waals surface area (Å²) in [6.07, 6.45) is 0. The number of hydrogen-bond acceptors (Lipinski definition) is 3. The first kappa shape index (κ1) is 16.0. The summed E-state index contributed by atoms with van der Waals surface area (Å²) in [5.74, 6) is -0.657. The number of carbonyl (C=O) groups excluding carboxylic acids is 2. The third-order valence-electron chi connectivity index (χ3n) is 2.66. The summed E-state index contributed by atoms with van der Waals surface area (Å²) in [7, 11) is 0. The predicted octanol–water partition coefficient (Wildman–Crippen LogP) is 2.31. The molecule has 0 saturated heterocycles. The summed E-state index contributed by atoms with van der Waals surface area (Å²) in [5, 5.41) is 14.5. The molecule has 0 spiro atoms. The molecule has 1 atom stereocenters. The van der Waals surface area contributed by atoms with Gasteiger partial charge in [-0.25, -0.2) is 0 Å².